The van der Waals surface area contributed by atoms with Gasteiger partial charge in [0.25, 0.3) is 11.3 Å². The van der Waals surface area contributed by atoms with Crippen molar-refractivity contribution in [3.8, 4) is 0 Å². The number of hydrogen-bond donors (Lipinski definition) is 1. The van der Waals surface area contributed by atoms with Crippen LogP contribution < -0.4 is 5.56 Å². The van der Waals surface area contributed by atoms with E-state index >= 15 is 0 Å². The van der Waals surface area contributed by atoms with E-state index in [1.54, 1.807) is 0 Å². The molecule has 9 nitrogen and oxygen atoms in total. The molecule has 33 heavy (non-hydrogen) atoms. The van der Waals surface area contributed by atoms with Crippen LogP contribution in [0.2, 0.25) is 0 Å². The highest BCUT2D eigenvalue weighted by Crippen LogP contribution is 2.19. The lowest BCUT2D eigenvalue weighted by Gasteiger charge is -2.09. The Balaban J connectivity index is 1.84. The first-order valence-electron chi connectivity index (χ1n) is 10.0. The number of aliphatic hydroxyl groups is 1. The number of carbonyl (C=O) groups is 2. The third-order valence-corrected chi connectivity index (χ3v) is 4.99. The lowest BCUT2D eigenvalue weighted by molar-refractivity contribution is -0.149. The maximum Gasteiger partial charge on any atom is 0.378 e. The lowest BCUT2D eigenvalue weighted by atomic mass is 10.2. The number of aliphatic hydroxyl groups excluding tert-OH is 1. The summed E-state index contributed by atoms with van der Waals surface area (Å²) in [5.74, 6) is -2.82. The van der Waals surface area contributed by atoms with Crippen molar-refractivity contribution in [2.24, 2.45) is 0 Å². The molecule has 0 amide bonds. The summed E-state index contributed by atoms with van der Waals surface area (Å²) in [6, 6.07) is 18.7. The fourth-order valence-corrected chi connectivity index (χ4v) is 3.38. The van der Waals surface area contributed by atoms with E-state index in [-0.39, 0.29) is 23.5 Å². The van der Waals surface area contributed by atoms with E-state index in [0.717, 1.165) is 24.3 Å². The van der Waals surface area contributed by atoms with Crippen LogP contribution in [0.1, 0.15) is 17.0 Å². The average Bonchev–Trinajstić information content (AvgIpc) is 3.20. The molecule has 0 aliphatic carbocycles. The van der Waals surface area contributed by atoms with Crippen LogP contribution in [0.15, 0.2) is 77.9 Å². The van der Waals surface area contributed by atoms with Gasteiger partial charge in [0.2, 0.25) is 0 Å². The minimum atomic E-state index is -1.13. The molecule has 0 aliphatic heterocycles. The van der Waals surface area contributed by atoms with Gasteiger partial charge < -0.3 is 14.4 Å². The zero-order chi connectivity index (χ0) is 23.4. The van der Waals surface area contributed by atoms with Crippen molar-refractivity contribution in [3.63, 3.8) is 0 Å². The number of methoxy groups -OCH3 is 1. The SMILES string of the molecule is COC(=O)C(=O)C=C(O)c1nc2c(=O)n(Cc3ccccc3)cnc2n1Cc1ccccc1. The van der Waals surface area contributed by atoms with Crippen molar-refractivity contribution in [3.05, 3.63) is 100 Å². The summed E-state index contributed by atoms with van der Waals surface area (Å²) in [7, 11) is 1.06. The van der Waals surface area contributed by atoms with Crippen LogP contribution in [-0.2, 0) is 27.4 Å². The van der Waals surface area contributed by atoms with Crippen molar-refractivity contribution in [1.29, 1.82) is 0 Å². The second-order valence-electron chi connectivity index (χ2n) is 7.23. The predicted octanol–water partition coefficient (Wildman–Crippen LogP) is 2.33. The van der Waals surface area contributed by atoms with E-state index in [0.29, 0.717) is 6.54 Å². The third-order valence-electron chi connectivity index (χ3n) is 4.99. The minimum absolute atomic E-state index is 0.0322. The van der Waals surface area contributed by atoms with Gasteiger partial charge in [0, 0.05) is 6.08 Å². The number of rotatable bonds is 7. The number of nitrogens with zero attached hydrogens (tertiary/aromatic N) is 4. The largest absolute Gasteiger partial charge is 0.504 e. The maximum atomic E-state index is 13.2. The molecule has 9 heteroatoms. The molecule has 0 atom stereocenters. The highest BCUT2D eigenvalue weighted by atomic mass is 16.5. The Hall–Kier alpha value is -4.53. The molecule has 4 rings (SSSR count). The third kappa shape index (κ3) is 4.57. The molecular weight excluding hydrogens is 424 g/mol. The van der Waals surface area contributed by atoms with Crippen molar-refractivity contribution < 1.29 is 19.4 Å². The number of ether oxygens (including phenoxy) is 1. The predicted molar refractivity (Wildman–Crippen MR) is 121 cm³/mol. The molecular formula is C24H20N4O5. The molecule has 0 saturated carbocycles. The minimum Gasteiger partial charge on any atom is -0.504 e. The Bertz CT molecular complexity index is 1410. The maximum absolute atomic E-state index is 13.2. The zero-order valence-corrected chi connectivity index (χ0v) is 17.7. The van der Waals surface area contributed by atoms with Crippen LogP contribution in [0.4, 0.5) is 0 Å². The number of fused-ring (bicyclic) bond motifs is 1. The summed E-state index contributed by atoms with van der Waals surface area (Å²) >= 11 is 0. The molecule has 4 aromatic rings. The van der Waals surface area contributed by atoms with Crippen molar-refractivity contribution >= 4 is 28.7 Å². The summed E-state index contributed by atoms with van der Waals surface area (Å²) in [5.41, 5.74) is 1.65. The van der Waals surface area contributed by atoms with Gasteiger partial charge in [-0.3, -0.25) is 14.2 Å². The number of carbonyl (C=O) groups excluding carboxylic acids is 2. The van der Waals surface area contributed by atoms with Gasteiger partial charge in [-0.1, -0.05) is 60.7 Å². The first kappa shape index (κ1) is 21.7. The summed E-state index contributed by atoms with van der Waals surface area (Å²) in [6.07, 6.45) is 2.14. The molecule has 0 saturated heterocycles. The van der Waals surface area contributed by atoms with Gasteiger partial charge in [-0.15, -0.1) is 0 Å². The van der Waals surface area contributed by atoms with Gasteiger partial charge in [-0.25, -0.2) is 14.8 Å². The van der Waals surface area contributed by atoms with E-state index in [1.807, 2.05) is 60.7 Å². The van der Waals surface area contributed by atoms with Crippen LogP contribution in [0.5, 0.6) is 0 Å². The van der Waals surface area contributed by atoms with Crippen LogP contribution in [0.3, 0.4) is 0 Å². The topological polar surface area (TPSA) is 116 Å². The van der Waals surface area contributed by atoms with Crippen LogP contribution in [0, 0.1) is 0 Å². The highest BCUT2D eigenvalue weighted by Gasteiger charge is 2.21. The molecule has 0 fully saturated rings. The smallest absolute Gasteiger partial charge is 0.378 e. The second kappa shape index (κ2) is 9.31. The van der Waals surface area contributed by atoms with Gasteiger partial charge >= 0.3 is 5.97 Å². The first-order chi connectivity index (χ1) is 16.0. The molecule has 0 unspecified atom stereocenters. The van der Waals surface area contributed by atoms with Crippen molar-refractivity contribution in [2.75, 3.05) is 7.11 Å². The Morgan fingerprint density at radius 2 is 1.61 bits per heavy atom. The Morgan fingerprint density at radius 3 is 2.21 bits per heavy atom. The summed E-state index contributed by atoms with van der Waals surface area (Å²) in [4.78, 5) is 45.3. The quantitative estimate of drug-likeness (QED) is 0.201. The second-order valence-corrected chi connectivity index (χ2v) is 7.23. The molecule has 0 bridgehead atoms. The normalized spacial score (nSPS) is 11.5. The standard InChI is InChI=1S/C24H20N4O5/c1-33-24(32)19(30)12-18(29)21-26-20-22(28(21)14-17-10-6-3-7-11-17)25-15-27(23(20)31)13-16-8-4-2-5-9-16/h2-12,15,29H,13-14H2,1H3. The number of aromatic nitrogens is 4. The fourth-order valence-electron chi connectivity index (χ4n) is 3.38. The molecule has 166 valence electrons. The summed E-state index contributed by atoms with van der Waals surface area (Å²) in [5, 5.41) is 10.6. The first-order valence-corrected chi connectivity index (χ1v) is 10.0. The molecule has 0 spiro atoms. The van der Waals surface area contributed by atoms with E-state index in [9.17, 15) is 19.5 Å². The Labute approximate surface area is 188 Å². The number of esters is 1. The summed E-state index contributed by atoms with van der Waals surface area (Å²) < 4.78 is 7.33. The molecule has 0 radical (unpaired) electrons. The van der Waals surface area contributed by atoms with Gasteiger partial charge in [0.05, 0.1) is 20.2 Å². The van der Waals surface area contributed by atoms with E-state index < -0.39 is 23.1 Å². The van der Waals surface area contributed by atoms with Gasteiger partial charge in [0.15, 0.2) is 22.7 Å². The molecule has 0 aliphatic rings. The molecule has 2 aromatic heterocycles. The lowest BCUT2D eigenvalue weighted by Crippen LogP contribution is -2.21. The highest BCUT2D eigenvalue weighted by molar-refractivity contribution is 6.39. The Kier molecular flexibility index (Phi) is 6.12. The number of ketones is 1. The number of hydrogen-bond acceptors (Lipinski definition) is 7. The van der Waals surface area contributed by atoms with E-state index in [1.165, 1.54) is 15.5 Å². The summed E-state index contributed by atoms with van der Waals surface area (Å²) in [6.45, 7) is 0.526. The Morgan fingerprint density at radius 1 is 1.00 bits per heavy atom. The van der Waals surface area contributed by atoms with Crippen LogP contribution >= 0.6 is 0 Å². The van der Waals surface area contributed by atoms with Gasteiger partial charge in [-0.05, 0) is 11.1 Å². The van der Waals surface area contributed by atoms with E-state index in [2.05, 4.69) is 14.7 Å². The van der Waals surface area contributed by atoms with Crippen LogP contribution in [0.25, 0.3) is 16.9 Å². The number of imidazole rings is 1. The molecule has 1 N–H and O–H groups in total. The average molecular weight is 444 g/mol. The number of benzene rings is 2. The molecule has 2 heterocycles. The van der Waals surface area contributed by atoms with Gasteiger partial charge in [0.1, 0.15) is 6.33 Å². The van der Waals surface area contributed by atoms with Crippen molar-refractivity contribution in [2.45, 2.75) is 13.1 Å². The fraction of sp³-hybridized carbons (Fsp3) is 0.125. The van der Waals surface area contributed by atoms with Crippen LogP contribution in [-0.4, -0.2) is 43.1 Å². The van der Waals surface area contributed by atoms with Crippen molar-refractivity contribution in [1.82, 2.24) is 19.1 Å². The zero-order valence-electron chi connectivity index (χ0n) is 17.7. The van der Waals surface area contributed by atoms with E-state index in [4.69, 9.17) is 0 Å². The van der Waals surface area contributed by atoms with Gasteiger partial charge in [-0.2, -0.15) is 0 Å². The monoisotopic (exact) mass is 444 g/mol. The molecule has 2 aromatic carbocycles.